The maximum Gasteiger partial charge on any atom is 0.249 e. The highest BCUT2D eigenvalue weighted by atomic mass is 16.2. The van der Waals surface area contributed by atoms with Gasteiger partial charge in [0.15, 0.2) is 0 Å². The number of piperidine rings is 1. The average molecular weight is 337 g/mol. The molecule has 5 nitrogen and oxygen atoms in total. The number of imide groups is 1. The topological polar surface area (TPSA) is 64.0 Å². The lowest BCUT2D eigenvalue weighted by Crippen LogP contribution is -2.41. The van der Waals surface area contributed by atoms with Gasteiger partial charge in [-0.15, -0.1) is 0 Å². The molecular weight excluding hydrogens is 314 g/mol. The Kier molecular flexibility index (Phi) is 4.83. The zero-order valence-electron chi connectivity index (χ0n) is 14.8. The second-order valence-corrected chi connectivity index (χ2v) is 6.96. The summed E-state index contributed by atoms with van der Waals surface area (Å²) < 4.78 is 1.95. The number of aromatic nitrogens is 2. The van der Waals surface area contributed by atoms with E-state index in [0.717, 1.165) is 27.9 Å². The fraction of sp³-hybridized carbons (Fsp3) is 0.350. The summed E-state index contributed by atoms with van der Waals surface area (Å²) in [4.78, 5) is 28.0. The van der Waals surface area contributed by atoms with Crippen LogP contribution >= 0.6 is 0 Å². The van der Waals surface area contributed by atoms with Crippen LogP contribution in [0.5, 0.6) is 0 Å². The molecule has 3 aromatic rings. The van der Waals surface area contributed by atoms with E-state index in [9.17, 15) is 9.59 Å². The minimum absolute atomic E-state index is 0.204. The third-order valence-corrected chi connectivity index (χ3v) is 3.99. The minimum Gasteiger partial charge on any atom is -0.313 e. The summed E-state index contributed by atoms with van der Waals surface area (Å²) in [5.41, 5.74) is 1.76. The van der Waals surface area contributed by atoms with Crippen LogP contribution in [-0.4, -0.2) is 21.4 Å². The molecule has 130 valence electrons. The van der Waals surface area contributed by atoms with Gasteiger partial charge in [0.05, 0.1) is 5.52 Å². The molecule has 25 heavy (non-hydrogen) atoms. The van der Waals surface area contributed by atoms with Crippen LogP contribution in [0.25, 0.3) is 21.9 Å². The van der Waals surface area contributed by atoms with Gasteiger partial charge in [0, 0.05) is 23.4 Å². The van der Waals surface area contributed by atoms with Crippen LogP contribution in [0.15, 0.2) is 42.6 Å². The van der Waals surface area contributed by atoms with E-state index in [1.165, 1.54) is 0 Å². The average Bonchev–Trinajstić information content (AvgIpc) is 2.89. The van der Waals surface area contributed by atoms with Crippen LogP contribution in [0.3, 0.4) is 0 Å². The lowest BCUT2D eigenvalue weighted by Gasteiger charge is -2.23. The van der Waals surface area contributed by atoms with Crippen LogP contribution < -0.4 is 5.32 Å². The second kappa shape index (κ2) is 7.05. The van der Waals surface area contributed by atoms with Crippen LogP contribution in [0, 0.1) is 5.92 Å². The third-order valence-electron chi connectivity index (χ3n) is 3.99. The van der Waals surface area contributed by atoms with E-state index in [2.05, 4.69) is 31.1 Å². The van der Waals surface area contributed by atoms with E-state index in [1.807, 2.05) is 41.0 Å². The molecule has 1 atom stereocenters. The van der Waals surface area contributed by atoms with Gasteiger partial charge in [-0.1, -0.05) is 39.0 Å². The smallest absolute Gasteiger partial charge is 0.249 e. The zero-order chi connectivity index (χ0) is 18.0. The minimum atomic E-state index is -0.389. The number of carbonyl (C=O) groups is 2. The van der Waals surface area contributed by atoms with Gasteiger partial charge in [0.2, 0.25) is 11.8 Å². The van der Waals surface area contributed by atoms with Gasteiger partial charge in [0.25, 0.3) is 0 Å². The maximum atomic E-state index is 12.2. The number of nitrogens with zero attached hydrogens (tertiary/aromatic N) is 2. The summed E-state index contributed by atoms with van der Waals surface area (Å²) in [6.45, 7) is 6.50. The van der Waals surface area contributed by atoms with Crippen molar-refractivity contribution in [2.75, 3.05) is 0 Å². The Bertz CT molecular complexity index is 871. The molecular formula is C20H23N3O2. The van der Waals surface area contributed by atoms with Crippen molar-refractivity contribution >= 4 is 33.8 Å². The SMILES string of the molecule is CC(C)C.O=C1CC[C@@H](n2c3ccccc3c3cccnc32)C(=O)N1. The molecule has 0 aliphatic carbocycles. The lowest BCUT2D eigenvalue weighted by molar-refractivity contribution is -0.135. The number of hydrogen-bond donors (Lipinski definition) is 1. The van der Waals surface area contributed by atoms with Gasteiger partial charge >= 0.3 is 0 Å². The molecule has 2 amide bonds. The Morgan fingerprint density at radius 3 is 2.48 bits per heavy atom. The van der Waals surface area contributed by atoms with E-state index in [0.29, 0.717) is 12.8 Å². The predicted octanol–water partition coefficient (Wildman–Crippen LogP) is 3.83. The molecule has 1 saturated heterocycles. The van der Waals surface area contributed by atoms with E-state index < -0.39 is 0 Å². The van der Waals surface area contributed by atoms with Crippen molar-refractivity contribution < 1.29 is 9.59 Å². The van der Waals surface area contributed by atoms with Gasteiger partial charge in [-0.05, 0) is 30.5 Å². The summed E-state index contributed by atoms with van der Waals surface area (Å²) in [6, 6.07) is 11.5. The van der Waals surface area contributed by atoms with Crippen molar-refractivity contribution in [1.82, 2.24) is 14.9 Å². The number of nitrogens with one attached hydrogen (secondary N) is 1. The number of rotatable bonds is 1. The normalized spacial score (nSPS) is 17.5. The molecule has 1 aliphatic heterocycles. The predicted molar refractivity (Wildman–Crippen MR) is 99.2 cm³/mol. The number of carbonyl (C=O) groups excluding carboxylic acids is 2. The van der Waals surface area contributed by atoms with E-state index in [-0.39, 0.29) is 17.9 Å². The summed E-state index contributed by atoms with van der Waals surface area (Å²) >= 11 is 0. The Balaban J connectivity index is 0.000000415. The number of amides is 2. The van der Waals surface area contributed by atoms with Crippen molar-refractivity contribution in [3.05, 3.63) is 42.6 Å². The summed E-state index contributed by atoms with van der Waals surface area (Å²) in [5, 5.41) is 4.52. The summed E-state index contributed by atoms with van der Waals surface area (Å²) in [6.07, 6.45) is 2.59. The van der Waals surface area contributed by atoms with Crippen LogP contribution in [0.2, 0.25) is 0 Å². The standard InChI is InChI=1S/C16H13N3O2.C4H10/c20-14-8-7-13(16(21)18-14)19-12-6-2-1-4-10(12)11-5-3-9-17-15(11)19;1-4(2)3/h1-6,9,13H,7-8H2,(H,18,20,21);4H,1-3H3/t13-;/m1./s1. The fourth-order valence-electron chi connectivity index (χ4n) is 3.07. The Hall–Kier alpha value is -2.69. The summed E-state index contributed by atoms with van der Waals surface area (Å²) in [7, 11) is 0. The van der Waals surface area contributed by atoms with Gasteiger partial charge in [-0.3, -0.25) is 14.9 Å². The molecule has 2 aromatic heterocycles. The van der Waals surface area contributed by atoms with Crippen molar-refractivity contribution in [1.29, 1.82) is 0 Å². The number of pyridine rings is 1. The molecule has 0 radical (unpaired) electrons. The molecule has 1 fully saturated rings. The van der Waals surface area contributed by atoms with Gasteiger partial charge < -0.3 is 4.57 Å². The van der Waals surface area contributed by atoms with Crippen LogP contribution in [-0.2, 0) is 9.59 Å². The number of benzene rings is 1. The number of fused-ring (bicyclic) bond motifs is 3. The molecule has 0 saturated carbocycles. The first-order valence-corrected chi connectivity index (χ1v) is 8.66. The monoisotopic (exact) mass is 337 g/mol. The molecule has 0 bridgehead atoms. The Morgan fingerprint density at radius 2 is 1.76 bits per heavy atom. The number of para-hydroxylation sites is 1. The third kappa shape index (κ3) is 3.40. The molecule has 1 aliphatic rings. The highest BCUT2D eigenvalue weighted by Gasteiger charge is 2.30. The first kappa shape index (κ1) is 17.1. The molecule has 4 rings (SSSR count). The van der Waals surface area contributed by atoms with E-state index in [4.69, 9.17) is 0 Å². The molecule has 1 N–H and O–H groups in total. The highest BCUT2D eigenvalue weighted by Crippen LogP contribution is 2.32. The van der Waals surface area contributed by atoms with Crippen molar-refractivity contribution in [3.8, 4) is 0 Å². The van der Waals surface area contributed by atoms with E-state index >= 15 is 0 Å². The molecule has 3 heterocycles. The van der Waals surface area contributed by atoms with Crippen molar-refractivity contribution in [2.45, 2.75) is 39.7 Å². The lowest BCUT2D eigenvalue weighted by atomic mass is 10.1. The van der Waals surface area contributed by atoms with Crippen LogP contribution in [0.4, 0.5) is 0 Å². The number of hydrogen-bond acceptors (Lipinski definition) is 3. The Morgan fingerprint density at radius 1 is 1.08 bits per heavy atom. The fourth-order valence-corrected chi connectivity index (χ4v) is 3.07. The largest absolute Gasteiger partial charge is 0.313 e. The second-order valence-electron chi connectivity index (χ2n) is 6.96. The van der Waals surface area contributed by atoms with Gasteiger partial charge in [0.1, 0.15) is 11.7 Å². The van der Waals surface area contributed by atoms with Gasteiger partial charge in [-0.25, -0.2) is 4.98 Å². The quantitative estimate of drug-likeness (QED) is 0.686. The first-order valence-electron chi connectivity index (χ1n) is 8.66. The van der Waals surface area contributed by atoms with E-state index in [1.54, 1.807) is 6.20 Å². The molecule has 0 spiro atoms. The molecule has 0 unspecified atom stereocenters. The summed E-state index contributed by atoms with van der Waals surface area (Å²) in [5.74, 6) is 0.379. The van der Waals surface area contributed by atoms with Crippen molar-refractivity contribution in [3.63, 3.8) is 0 Å². The van der Waals surface area contributed by atoms with Crippen LogP contribution in [0.1, 0.15) is 39.7 Å². The van der Waals surface area contributed by atoms with Gasteiger partial charge in [-0.2, -0.15) is 0 Å². The van der Waals surface area contributed by atoms with Crippen molar-refractivity contribution in [2.24, 2.45) is 5.92 Å². The maximum absolute atomic E-state index is 12.2. The molecule has 1 aromatic carbocycles. The Labute approximate surface area is 147 Å². The molecule has 5 heteroatoms. The zero-order valence-corrected chi connectivity index (χ0v) is 14.8. The highest BCUT2D eigenvalue weighted by molar-refractivity contribution is 6.08. The first-order chi connectivity index (χ1) is 12.0.